The Hall–Kier alpha value is -2.10. The number of aryl methyl sites for hydroxylation is 1. The average molecular weight is 407 g/mol. The maximum Gasteiger partial charge on any atom is 0.243 e. The van der Waals surface area contributed by atoms with Crippen molar-refractivity contribution in [3.8, 4) is 11.5 Å². The molecule has 1 aromatic carbocycles. The van der Waals surface area contributed by atoms with E-state index in [1.54, 1.807) is 25.3 Å². The molecule has 1 aromatic heterocycles. The van der Waals surface area contributed by atoms with E-state index in [1.165, 1.54) is 4.31 Å². The third kappa shape index (κ3) is 3.49. The van der Waals surface area contributed by atoms with Gasteiger partial charge >= 0.3 is 0 Å². The molecule has 0 amide bonds. The van der Waals surface area contributed by atoms with Gasteiger partial charge in [0.05, 0.1) is 11.5 Å². The molecule has 152 valence electrons. The first-order valence-corrected chi connectivity index (χ1v) is 10.9. The first-order chi connectivity index (χ1) is 13.5. The van der Waals surface area contributed by atoms with E-state index in [9.17, 15) is 8.42 Å². The molecule has 0 radical (unpaired) electrons. The molecule has 0 saturated carbocycles. The summed E-state index contributed by atoms with van der Waals surface area (Å²) in [6.07, 6.45) is 2.58. The van der Waals surface area contributed by atoms with Crippen LogP contribution < -0.4 is 9.47 Å². The summed E-state index contributed by atoms with van der Waals surface area (Å²) >= 11 is 0. The molecule has 1 unspecified atom stereocenters. The summed E-state index contributed by atoms with van der Waals surface area (Å²) in [6, 6.07) is 4.80. The third-order valence-electron chi connectivity index (χ3n) is 5.27. The van der Waals surface area contributed by atoms with Crippen LogP contribution in [-0.2, 0) is 21.3 Å². The van der Waals surface area contributed by atoms with E-state index in [4.69, 9.17) is 14.2 Å². The van der Waals surface area contributed by atoms with Crippen molar-refractivity contribution in [3.63, 3.8) is 0 Å². The van der Waals surface area contributed by atoms with Crippen LogP contribution in [0.2, 0.25) is 0 Å². The van der Waals surface area contributed by atoms with E-state index in [0.717, 1.165) is 17.9 Å². The molecule has 2 aromatic rings. The molecule has 1 fully saturated rings. The maximum absolute atomic E-state index is 13.1. The standard InChI is InChI=1S/C19H25N3O5S/c1-14-12-20-19(22(14)7-8-25-2)15-5-6-21(13-15)28(23,24)16-3-4-17-18(11-16)27-10-9-26-17/h3-4,11-12,15H,5-10,13H2,1-2H3. The highest BCUT2D eigenvalue weighted by Gasteiger charge is 2.35. The number of rotatable bonds is 6. The highest BCUT2D eigenvalue weighted by molar-refractivity contribution is 7.89. The van der Waals surface area contributed by atoms with Crippen molar-refractivity contribution in [3.05, 3.63) is 35.9 Å². The summed E-state index contributed by atoms with van der Waals surface area (Å²) < 4.78 is 46.1. The highest BCUT2D eigenvalue weighted by Crippen LogP contribution is 2.35. The summed E-state index contributed by atoms with van der Waals surface area (Å²) in [4.78, 5) is 4.78. The molecule has 2 aliphatic heterocycles. The Morgan fingerprint density at radius 1 is 1.25 bits per heavy atom. The number of ether oxygens (including phenoxy) is 3. The lowest BCUT2D eigenvalue weighted by molar-refractivity contribution is 0.171. The van der Waals surface area contributed by atoms with Crippen molar-refractivity contribution in [1.82, 2.24) is 13.9 Å². The minimum atomic E-state index is -3.60. The van der Waals surface area contributed by atoms with Gasteiger partial charge in [-0.2, -0.15) is 4.31 Å². The molecular weight excluding hydrogens is 382 g/mol. The van der Waals surface area contributed by atoms with Crippen molar-refractivity contribution >= 4 is 10.0 Å². The van der Waals surface area contributed by atoms with Crippen LogP contribution in [0.4, 0.5) is 0 Å². The molecule has 4 rings (SSSR count). The van der Waals surface area contributed by atoms with Gasteiger partial charge in [-0.05, 0) is 25.5 Å². The predicted molar refractivity (Wildman–Crippen MR) is 102 cm³/mol. The topological polar surface area (TPSA) is 82.9 Å². The van der Waals surface area contributed by atoms with Crippen LogP contribution in [0.3, 0.4) is 0 Å². The number of fused-ring (bicyclic) bond motifs is 1. The quantitative estimate of drug-likeness (QED) is 0.726. The molecule has 0 bridgehead atoms. The van der Waals surface area contributed by atoms with Gasteiger partial charge in [0.2, 0.25) is 10.0 Å². The van der Waals surface area contributed by atoms with Crippen molar-refractivity contribution < 1.29 is 22.6 Å². The number of aromatic nitrogens is 2. The van der Waals surface area contributed by atoms with Crippen LogP contribution in [0.15, 0.2) is 29.3 Å². The van der Waals surface area contributed by atoms with E-state index in [1.807, 2.05) is 13.1 Å². The molecule has 0 spiro atoms. The Morgan fingerprint density at radius 3 is 2.82 bits per heavy atom. The largest absolute Gasteiger partial charge is 0.486 e. The minimum absolute atomic E-state index is 0.0672. The van der Waals surface area contributed by atoms with Gasteiger partial charge in [-0.3, -0.25) is 0 Å². The van der Waals surface area contributed by atoms with Gasteiger partial charge in [0.25, 0.3) is 0 Å². The fraction of sp³-hybridized carbons (Fsp3) is 0.526. The fourth-order valence-electron chi connectivity index (χ4n) is 3.77. The fourth-order valence-corrected chi connectivity index (χ4v) is 5.29. The number of imidazole rings is 1. The summed E-state index contributed by atoms with van der Waals surface area (Å²) in [7, 11) is -1.93. The molecule has 8 nitrogen and oxygen atoms in total. The Bertz CT molecular complexity index is 956. The lowest BCUT2D eigenvalue weighted by Crippen LogP contribution is -2.29. The van der Waals surface area contributed by atoms with Gasteiger partial charge in [-0.15, -0.1) is 0 Å². The predicted octanol–water partition coefficient (Wildman–Crippen LogP) is 1.79. The van der Waals surface area contributed by atoms with E-state index in [-0.39, 0.29) is 10.8 Å². The number of benzene rings is 1. The lowest BCUT2D eigenvalue weighted by atomic mass is 10.1. The normalized spacial score (nSPS) is 19.9. The smallest absolute Gasteiger partial charge is 0.243 e. The van der Waals surface area contributed by atoms with Crippen molar-refractivity contribution in [2.75, 3.05) is 40.0 Å². The Morgan fingerprint density at radius 2 is 2.04 bits per heavy atom. The molecule has 9 heteroatoms. The van der Waals surface area contributed by atoms with E-state index in [0.29, 0.717) is 51.0 Å². The van der Waals surface area contributed by atoms with Crippen LogP contribution in [0.25, 0.3) is 0 Å². The molecule has 3 heterocycles. The second-order valence-corrected chi connectivity index (χ2v) is 8.99. The summed E-state index contributed by atoms with van der Waals surface area (Å²) in [5, 5.41) is 0. The van der Waals surface area contributed by atoms with Crippen LogP contribution in [-0.4, -0.2) is 62.3 Å². The van der Waals surface area contributed by atoms with Crippen molar-refractivity contribution in [2.24, 2.45) is 0 Å². The number of hydrogen-bond acceptors (Lipinski definition) is 6. The molecule has 1 saturated heterocycles. The Labute approximate surface area is 165 Å². The first kappa shape index (κ1) is 19.2. The third-order valence-corrected chi connectivity index (χ3v) is 7.13. The molecule has 0 N–H and O–H groups in total. The Kier molecular flexibility index (Phi) is 5.31. The van der Waals surface area contributed by atoms with Gasteiger partial charge in [0.15, 0.2) is 11.5 Å². The first-order valence-electron chi connectivity index (χ1n) is 9.41. The molecule has 28 heavy (non-hydrogen) atoms. The van der Waals surface area contributed by atoms with Crippen molar-refractivity contribution in [1.29, 1.82) is 0 Å². The SMILES string of the molecule is COCCn1c(C)cnc1C1CCN(S(=O)(=O)c2ccc3c(c2)OCCO3)C1. The van der Waals surface area contributed by atoms with Gasteiger partial charge < -0.3 is 18.8 Å². The van der Waals surface area contributed by atoms with Gasteiger partial charge in [-0.1, -0.05) is 0 Å². The second-order valence-electron chi connectivity index (χ2n) is 7.06. The van der Waals surface area contributed by atoms with E-state index in [2.05, 4.69) is 9.55 Å². The number of sulfonamides is 1. The van der Waals surface area contributed by atoms with E-state index >= 15 is 0 Å². The van der Waals surface area contributed by atoms with E-state index < -0.39 is 10.0 Å². The summed E-state index contributed by atoms with van der Waals surface area (Å²) in [6.45, 7) is 5.09. The zero-order valence-corrected chi connectivity index (χ0v) is 16.9. The number of nitrogens with zero attached hydrogens (tertiary/aromatic N) is 3. The number of methoxy groups -OCH3 is 1. The van der Waals surface area contributed by atoms with Gasteiger partial charge in [0.1, 0.15) is 19.0 Å². The second kappa shape index (κ2) is 7.73. The monoisotopic (exact) mass is 407 g/mol. The highest BCUT2D eigenvalue weighted by atomic mass is 32.2. The van der Waals surface area contributed by atoms with Gasteiger partial charge in [0, 0.05) is 50.6 Å². The van der Waals surface area contributed by atoms with Gasteiger partial charge in [-0.25, -0.2) is 13.4 Å². The van der Waals surface area contributed by atoms with Crippen molar-refractivity contribution in [2.45, 2.75) is 30.7 Å². The molecule has 2 aliphatic rings. The molecule has 0 aliphatic carbocycles. The molecule has 1 atom stereocenters. The maximum atomic E-state index is 13.1. The molecular formula is C19H25N3O5S. The van der Waals surface area contributed by atoms with Crippen LogP contribution >= 0.6 is 0 Å². The minimum Gasteiger partial charge on any atom is -0.486 e. The Balaban J connectivity index is 1.54. The zero-order valence-electron chi connectivity index (χ0n) is 16.1. The van der Waals surface area contributed by atoms with Crippen LogP contribution in [0, 0.1) is 6.92 Å². The average Bonchev–Trinajstić information content (AvgIpc) is 3.33. The zero-order chi connectivity index (χ0) is 19.7. The summed E-state index contributed by atoms with van der Waals surface area (Å²) in [5.41, 5.74) is 1.06. The summed E-state index contributed by atoms with van der Waals surface area (Å²) in [5.74, 6) is 2.06. The van der Waals surface area contributed by atoms with Crippen LogP contribution in [0.1, 0.15) is 23.9 Å². The lowest BCUT2D eigenvalue weighted by Gasteiger charge is -2.21. The van der Waals surface area contributed by atoms with Crippen LogP contribution in [0.5, 0.6) is 11.5 Å². The number of hydrogen-bond donors (Lipinski definition) is 0.